The summed E-state index contributed by atoms with van der Waals surface area (Å²) in [6.07, 6.45) is -18.5. The number of hydrogen-bond donors (Lipinski definition) is 9. The highest BCUT2D eigenvalue weighted by molar-refractivity contribution is 7.49. The molecule has 2 aromatic carbocycles. The number of H-pyrrole nitrogens is 1. The number of aliphatic hydroxyl groups is 5. The lowest BCUT2D eigenvalue weighted by molar-refractivity contribution is -0.231. The molecule has 3 aromatic rings. The summed E-state index contributed by atoms with van der Waals surface area (Å²) in [5, 5.41) is 51.1. The third-order valence-electron chi connectivity index (χ3n) is 7.93. The van der Waals surface area contributed by atoms with Crippen LogP contribution in [0.3, 0.4) is 0 Å². The number of hydrogen-bond acceptors (Lipinski definition) is 12. The van der Waals surface area contributed by atoms with E-state index in [1.807, 2.05) is 0 Å². The largest absolute Gasteiger partial charge is 0.454 e. The SMILES string of the molecule is CNC[C@H](O)[C@@H](O)[C@H](O)[C@H](O)CO.C[C@@H](O[C@H]1OCCN(Cc2nn(P(=O)(O)O)c(=O)[nH]2)[C@@H]1c1ccc(F)cc1)c1cc(C(F)(F)F)cc(C(F)(F)F)c1. The molecule has 9 N–H and O–H groups in total. The predicted octanol–water partition coefficient (Wildman–Crippen LogP) is 1.01. The number of nitrogens with zero attached hydrogens (tertiary/aromatic N) is 3. The zero-order valence-corrected chi connectivity index (χ0v) is 29.2. The molecule has 1 aliphatic rings. The fourth-order valence-electron chi connectivity index (χ4n) is 5.19. The van der Waals surface area contributed by atoms with Crippen molar-refractivity contribution in [2.45, 2.75) is 68.7 Å². The third-order valence-corrected chi connectivity index (χ3v) is 8.69. The van der Waals surface area contributed by atoms with Crippen molar-refractivity contribution in [2.24, 2.45) is 0 Å². The number of aliphatic hydroxyl groups excluding tert-OH is 5. The highest BCUT2D eigenvalue weighted by Gasteiger charge is 2.40. The van der Waals surface area contributed by atoms with Crippen molar-refractivity contribution in [2.75, 3.05) is 33.4 Å². The molecule has 0 unspecified atom stereocenters. The van der Waals surface area contributed by atoms with Crippen molar-refractivity contribution in [3.8, 4) is 0 Å². The van der Waals surface area contributed by atoms with Crippen LogP contribution >= 0.6 is 7.75 Å². The second kappa shape index (κ2) is 18.5. The first-order valence-corrected chi connectivity index (χ1v) is 17.3. The summed E-state index contributed by atoms with van der Waals surface area (Å²) in [6.45, 7) is 0.473. The molecule has 7 atom stereocenters. The van der Waals surface area contributed by atoms with Gasteiger partial charge in [0.2, 0.25) is 0 Å². The Labute approximate surface area is 301 Å². The molecule has 0 saturated carbocycles. The maximum Gasteiger partial charge on any atom is 0.454 e. The number of halogens is 7. The van der Waals surface area contributed by atoms with Gasteiger partial charge in [-0.2, -0.15) is 26.3 Å². The molecular formula is C30H39F7N5O11P. The quantitative estimate of drug-likeness (QED) is 0.0865. The van der Waals surface area contributed by atoms with Gasteiger partial charge in [-0.15, -0.1) is 9.55 Å². The predicted molar refractivity (Wildman–Crippen MR) is 171 cm³/mol. The Bertz CT molecular complexity index is 1730. The van der Waals surface area contributed by atoms with Crippen molar-refractivity contribution in [1.82, 2.24) is 24.8 Å². The fourth-order valence-corrected chi connectivity index (χ4v) is 5.70. The van der Waals surface area contributed by atoms with Crippen molar-refractivity contribution >= 4 is 7.75 Å². The van der Waals surface area contributed by atoms with Crippen LogP contribution in [0, 0.1) is 5.82 Å². The number of nitrogens with one attached hydrogen (secondary N) is 2. The Morgan fingerprint density at radius 3 is 2.04 bits per heavy atom. The van der Waals surface area contributed by atoms with E-state index < -0.39 is 97.8 Å². The molecule has 24 heteroatoms. The lowest BCUT2D eigenvalue weighted by atomic mass is 10.0. The normalized spacial score (nSPS) is 20.1. The van der Waals surface area contributed by atoms with Crippen molar-refractivity contribution in [3.63, 3.8) is 0 Å². The van der Waals surface area contributed by atoms with Crippen molar-refractivity contribution in [1.29, 1.82) is 0 Å². The Balaban J connectivity index is 0.000000515. The Morgan fingerprint density at radius 1 is 1.00 bits per heavy atom. The number of likely N-dealkylation sites (N-methyl/N-ethyl adjacent to an activating group) is 1. The lowest BCUT2D eigenvalue weighted by Gasteiger charge is -2.41. The minimum Gasteiger partial charge on any atom is -0.394 e. The summed E-state index contributed by atoms with van der Waals surface area (Å²) in [5.41, 5.74) is -4.31. The van der Waals surface area contributed by atoms with Gasteiger partial charge in [0.05, 0.1) is 49.1 Å². The first-order valence-electron chi connectivity index (χ1n) is 15.8. The molecule has 1 aromatic heterocycles. The minimum absolute atomic E-state index is 0.00603. The van der Waals surface area contributed by atoms with Gasteiger partial charge in [0.25, 0.3) is 0 Å². The van der Waals surface area contributed by atoms with Crippen LogP contribution in [0.2, 0.25) is 0 Å². The van der Waals surface area contributed by atoms with E-state index in [-0.39, 0.29) is 42.6 Å². The van der Waals surface area contributed by atoms with Gasteiger partial charge in [-0.25, -0.2) is 13.8 Å². The second-order valence-corrected chi connectivity index (χ2v) is 13.4. The summed E-state index contributed by atoms with van der Waals surface area (Å²) in [5.74, 6) is -0.775. The van der Waals surface area contributed by atoms with E-state index >= 15 is 0 Å². The maximum atomic E-state index is 13.7. The number of benzene rings is 2. The van der Waals surface area contributed by atoms with Crippen LogP contribution in [0.1, 0.15) is 47.1 Å². The highest BCUT2D eigenvalue weighted by atomic mass is 31.2. The molecule has 1 saturated heterocycles. The van der Waals surface area contributed by atoms with E-state index in [2.05, 4.69) is 15.4 Å². The number of alkyl halides is 6. The summed E-state index contributed by atoms with van der Waals surface area (Å²) < 4.78 is 117. The van der Waals surface area contributed by atoms with E-state index in [1.165, 1.54) is 19.1 Å². The molecular weight excluding hydrogens is 770 g/mol. The number of aromatic amines is 1. The summed E-state index contributed by atoms with van der Waals surface area (Å²) in [6, 6.07) is 5.01. The van der Waals surface area contributed by atoms with Gasteiger partial charge in [-0.3, -0.25) is 9.88 Å². The molecule has 0 amide bonds. The van der Waals surface area contributed by atoms with Gasteiger partial charge in [-0.05, 0) is 55.4 Å². The number of morpholine rings is 1. The fraction of sp³-hybridized carbons (Fsp3) is 0.533. The monoisotopic (exact) mass is 809 g/mol. The summed E-state index contributed by atoms with van der Waals surface area (Å²) >= 11 is 0. The van der Waals surface area contributed by atoms with E-state index in [9.17, 15) is 55.0 Å². The molecule has 304 valence electrons. The minimum atomic E-state index is -5.07. The van der Waals surface area contributed by atoms with Crippen LogP contribution < -0.4 is 11.0 Å². The highest BCUT2D eigenvalue weighted by Crippen LogP contribution is 2.40. The number of aromatic nitrogens is 3. The van der Waals surface area contributed by atoms with E-state index in [0.29, 0.717) is 17.7 Å². The first-order chi connectivity index (χ1) is 25.0. The van der Waals surface area contributed by atoms with Crippen molar-refractivity contribution < 1.29 is 80.1 Å². The van der Waals surface area contributed by atoms with Gasteiger partial charge in [0.15, 0.2) is 6.29 Å². The average molecular weight is 810 g/mol. The van der Waals surface area contributed by atoms with Gasteiger partial charge < -0.3 is 50.1 Å². The average Bonchev–Trinajstić information content (AvgIpc) is 3.47. The Morgan fingerprint density at radius 2 is 1.56 bits per heavy atom. The standard InChI is InChI=1S/C23H22F7N4O6P.C7H17NO5/c1-12(14-8-15(22(25,26)27)10-16(9-14)23(28,29)30)40-20-19(13-2-4-17(24)5-3-13)33(6-7-39-20)11-18-31-21(35)34(32-18)41(36,37)38;1-8-2-4(10)6(12)7(13)5(11)3-9/h2-5,8-10,12,19-20H,6-7,11H2,1H3,(H,31,32,35)(H2,36,37,38);4-13H,2-3H2,1H3/t12-,19-,20-;4-,5+,6+,7+/m10/s1. The first kappa shape index (κ1) is 45.1. The van der Waals surface area contributed by atoms with Crippen LogP contribution in [0.5, 0.6) is 0 Å². The third kappa shape index (κ3) is 12.1. The van der Waals surface area contributed by atoms with Gasteiger partial charge in [-0.1, -0.05) is 12.1 Å². The molecule has 0 bridgehead atoms. The number of ether oxygens (including phenoxy) is 2. The van der Waals surface area contributed by atoms with E-state index in [4.69, 9.17) is 29.9 Å². The van der Waals surface area contributed by atoms with Crippen LogP contribution in [-0.4, -0.2) is 119 Å². The van der Waals surface area contributed by atoms with Gasteiger partial charge >= 0.3 is 25.8 Å². The smallest absolute Gasteiger partial charge is 0.394 e. The molecule has 2 heterocycles. The van der Waals surface area contributed by atoms with Gasteiger partial charge in [0, 0.05) is 13.1 Å². The molecule has 0 spiro atoms. The van der Waals surface area contributed by atoms with E-state index in [0.717, 1.165) is 12.1 Å². The Kier molecular flexibility index (Phi) is 15.5. The molecule has 0 aliphatic carbocycles. The Hall–Kier alpha value is -3.32. The molecule has 0 radical (unpaired) electrons. The molecule has 54 heavy (non-hydrogen) atoms. The molecule has 1 fully saturated rings. The lowest BCUT2D eigenvalue weighted by Crippen LogP contribution is -2.48. The topological polar surface area (TPSA) is 243 Å². The zero-order chi connectivity index (χ0) is 40.8. The van der Waals surface area contributed by atoms with Crippen LogP contribution in [0.15, 0.2) is 47.3 Å². The van der Waals surface area contributed by atoms with Crippen molar-refractivity contribution in [3.05, 3.63) is 86.8 Å². The van der Waals surface area contributed by atoms with Crippen LogP contribution in [0.4, 0.5) is 30.7 Å². The summed E-state index contributed by atoms with van der Waals surface area (Å²) in [7, 11) is -3.50. The molecule has 1 aliphatic heterocycles. The maximum absolute atomic E-state index is 13.7. The summed E-state index contributed by atoms with van der Waals surface area (Å²) in [4.78, 5) is 34.3. The molecule has 4 rings (SSSR count). The zero-order valence-electron chi connectivity index (χ0n) is 28.3. The van der Waals surface area contributed by atoms with Crippen LogP contribution in [0.25, 0.3) is 0 Å². The van der Waals surface area contributed by atoms with E-state index in [1.54, 1.807) is 11.9 Å². The second-order valence-electron chi connectivity index (χ2n) is 12.0. The number of rotatable bonds is 13. The van der Waals surface area contributed by atoms with Crippen LogP contribution in [-0.2, 0) is 32.9 Å². The van der Waals surface area contributed by atoms with Gasteiger partial charge in [0.1, 0.15) is 30.0 Å². The molecule has 16 nitrogen and oxygen atoms in total.